The third-order valence-corrected chi connectivity index (χ3v) is 3.30. The van der Waals surface area contributed by atoms with E-state index in [1.165, 1.54) is 6.07 Å². The summed E-state index contributed by atoms with van der Waals surface area (Å²) in [5, 5.41) is 9.55. The van der Waals surface area contributed by atoms with Gasteiger partial charge in [-0.3, -0.25) is 9.36 Å². The monoisotopic (exact) mass is 292 g/mol. The van der Waals surface area contributed by atoms with E-state index in [2.05, 4.69) is 4.98 Å². The highest BCUT2D eigenvalue weighted by atomic mass is 35.5. The van der Waals surface area contributed by atoms with E-state index in [0.717, 1.165) is 11.8 Å². The van der Waals surface area contributed by atoms with Crippen LogP contribution in [0, 0.1) is 11.3 Å². The Balaban J connectivity index is 2.61. The Morgan fingerprint density at radius 1 is 1.47 bits per heavy atom. The van der Waals surface area contributed by atoms with E-state index >= 15 is 0 Å². The summed E-state index contributed by atoms with van der Waals surface area (Å²) in [6.07, 6.45) is 0. The number of aromatic nitrogens is 2. The topological polar surface area (TPSA) is 84.7 Å². The van der Waals surface area contributed by atoms with Crippen molar-refractivity contribution in [2.45, 2.75) is 5.16 Å². The highest BCUT2D eigenvalue weighted by Crippen LogP contribution is 2.23. The summed E-state index contributed by atoms with van der Waals surface area (Å²) in [6, 6.07) is 10.2. The van der Waals surface area contributed by atoms with Crippen LogP contribution in [-0.2, 0) is 0 Å². The fraction of sp³-hybridized carbons (Fsp3) is 0.0833. The molecule has 5 nitrogen and oxygen atoms in total. The fourth-order valence-electron chi connectivity index (χ4n) is 1.55. The Kier molecular flexibility index (Phi) is 4.10. The molecule has 0 unspecified atom stereocenters. The van der Waals surface area contributed by atoms with Crippen LogP contribution in [-0.4, -0.2) is 15.3 Å². The number of halogens is 1. The van der Waals surface area contributed by atoms with Crippen molar-refractivity contribution in [2.24, 2.45) is 0 Å². The lowest BCUT2D eigenvalue weighted by atomic mass is 10.3. The minimum absolute atomic E-state index is 0.177. The molecule has 0 bridgehead atoms. The van der Waals surface area contributed by atoms with E-state index in [1.54, 1.807) is 28.8 Å². The van der Waals surface area contributed by atoms with Crippen LogP contribution in [0.1, 0.15) is 0 Å². The summed E-state index contributed by atoms with van der Waals surface area (Å²) in [5.74, 6) is 0.430. The third-order valence-electron chi connectivity index (χ3n) is 2.26. The Bertz CT molecular complexity index is 708. The number of benzene rings is 1. The number of anilines is 1. The number of hydrogen-bond donors (Lipinski definition) is 1. The van der Waals surface area contributed by atoms with E-state index < -0.39 is 5.56 Å². The van der Waals surface area contributed by atoms with Crippen molar-refractivity contribution in [1.82, 2.24) is 9.55 Å². The predicted octanol–water partition coefficient (Wildman–Crippen LogP) is 2.08. The molecule has 0 fully saturated rings. The molecule has 2 aromatic rings. The first-order valence-electron chi connectivity index (χ1n) is 5.27. The SMILES string of the molecule is N#CCSc1nc(=O)cc(N)n1-c1cccc(Cl)c1. The smallest absolute Gasteiger partial charge is 0.275 e. The van der Waals surface area contributed by atoms with Crippen molar-refractivity contribution in [3.63, 3.8) is 0 Å². The number of thioether (sulfide) groups is 1. The van der Waals surface area contributed by atoms with Gasteiger partial charge in [0.05, 0.1) is 17.5 Å². The van der Waals surface area contributed by atoms with Gasteiger partial charge in [0, 0.05) is 11.1 Å². The zero-order chi connectivity index (χ0) is 13.8. The second kappa shape index (κ2) is 5.78. The van der Waals surface area contributed by atoms with Crippen molar-refractivity contribution >= 4 is 29.2 Å². The highest BCUT2D eigenvalue weighted by Gasteiger charge is 2.10. The molecule has 0 aliphatic carbocycles. The van der Waals surface area contributed by atoms with Crippen LogP contribution < -0.4 is 11.3 Å². The average molecular weight is 293 g/mol. The van der Waals surface area contributed by atoms with Gasteiger partial charge in [0.15, 0.2) is 5.16 Å². The number of nitrogen functional groups attached to an aromatic ring is 1. The van der Waals surface area contributed by atoms with E-state index in [1.807, 2.05) is 6.07 Å². The predicted molar refractivity (Wildman–Crippen MR) is 75.6 cm³/mol. The lowest BCUT2D eigenvalue weighted by Gasteiger charge is -2.14. The van der Waals surface area contributed by atoms with Crippen molar-refractivity contribution in [3.05, 3.63) is 45.7 Å². The largest absolute Gasteiger partial charge is 0.385 e. The van der Waals surface area contributed by atoms with E-state index in [0.29, 0.717) is 15.9 Å². The standard InChI is InChI=1S/C12H9ClN4OS/c13-8-2-1-3-9(6-8)17-10(15)7-11(18)16-12(17)19-5-4-14/h1-3,6-7H,5,15H2. The molecule has 0 aliphatic rings. The molecule has 0 radical (unpaired) electrons. The Labute approximate surface area is 118 Å². The zero-order valence-electron chi connectivity index (χ0n) is 9.71. The summed E-state index contributed by atoms with van der Waals surface area (Å²) < 4.78 is 1.59. The minimum atomic E-state index is -0.434. The van der Waals surface area contributed by atoms with Crippen molar-refractivity contribution < 1.29 is 0 Å². The lowest BCUT2D eigenvalue weighted by Crippen LogP contribution is -2.16. The summed E-state index contributed by atoms with van der Waals surface area (Å²) in [5.41, 5.74) is 6.12. The molecule has 2 N–H and O–H groups in total. The molecule has 0 saturated heterocycles. The molecular weight excluding hydrogens is 284 g/mol. The zero-order valence-corrected chi connectivity index (χ0v) is 11.3. The van der Waals surface area contributed by atoms with Gasteiger partial charge in [0.25, 0.3) is 5.56 Å². The number of hydrogen-bond acceptors (Lipinski definition) is 5. The number of nitrogens with zero attached hydrogens (tertiary/aromatic N) is 3. The second-order valence-electron chi connectivity index (χ2n) is 3.56. The van der Waals surface area contributed by atoms with Gasteiger partial charge in [0.1, 0.15) is 5.82 Å². The fourth-order valence-corrected chi connectivity index (χ4v) is 2.42. The molecule has 19 heavy (non-hydrogen) atoms. The van der Waals surface area contributed by atoms with Crippen LogP contribution in [0.5, 0.6) is 0 Å². The summed E-state index contributed by atoms with van der Waals surface area (Å²) in [7, 11) is 0. The lowest BCUT2D eigenvalue weighted by molar-refractivity contribution is 0.824. The number of nitrogens with two attached hydrogens (primary N) is 1. The van der Waals surface area contributed by atoms with Crippen LogP contribution in [0.2, 0.25) is 5.02 Å². The molecule has 1 aromatic carbocycles. The minimum Gasteiger partial charge on any atom is -0.385 e. The molecule has 0 amide bonds. The van der Waals surface area contributed by atoms with Crippen LogP contribution in [0.15, 0.2) is 40.3 Å². The molecular formula is C12H9ClN4OS. The van der Waals surface area contributed by atoms with Gasteiger partial charge in [-0.05, 0) is 18.2 Å². The van der Waals surface area contributed by atoms with Crippen molar-refractivity contribution in [1.29, 1.82) is 5.26 Å². The van der Waals surface area contributed by atoms with Gasteiger partial charge in [-0.2, -0.15) is 10.2 Å². The number of rotatable bonds is 3. The molecule has 96 valence electrons. The number of nitriles is 1. The van der Waals surface area contributed by atoms with Crippen LogP contribution >= 0.6 is 23.4 Å². The van der Waals surface area contributed by atoms with Gasteiger partial charge in [0.2, 0.25) is 0 Å². The van der Waals surface area contributed by atoms with Gasteiger partial charge >= 0.3 is 0 Å². The molecule has 0 aliphatic heterocycles. The van der Waals surface area contributed by atoms with Crippen LogP contribution in [0.3, 0.4) is 0 Å². The van der Waals surface area contributed by atoms with Gasteiger partial charge in [-0.25, -0.2) is 0 Å². The Morgan fingerprint density at radius 3 is 2.95 bits per heavy atom. The third kappa shape index (κ3) is 3.08. The summed E-state index contributed by atoms with van der Waals surface area (Å²) in [4.78, 5) is 15.3. The maximum absolute atomic E-state index is 11.4. The molecule has 0 atom stereocenters. The first-order valence-corrected chi connectivity index (χ1v) is 6.63. The maximum Gasteiger partial charge on any atom is 0.275 e. The van der Waals surface area contributed by atoms with Crippen molar-refractivity contribution in [3.8, 4) is 11.8 Å². The van der Waals surface area contributed by atoms with E-state index in [9.17, 15) is 4.79 Å². The van der Waals surface area contributed by atoms with E-state index in [4.69, 9.17) is 22.6 Å². The normalized spacial score (nSPS) is 10.1. The van der Waals surface area contributed by atoms with Gasteiger partial charge in [-0.1, -0.05) is 29.4 Å². The average Bonchev–Trinajstić information content (AvgIpc) is 2.35. The second-order valence-corrected chi connectivity index (χ2v) is 4.94. The van der Waals surface area contributed by atoms with Gasteiger partial charge < -0.3 is 5.73 Å². The van der Waals surface area contributed by atoms with Crippen molar-refractivity contribution in [2.75, 3.05) is 11.5 Å². The quantitative estimate of drug-likeness (QED) is 0.691. The maximum atomic E-state index is 11.4. The first kappa shape index (κ1) is 13.5. The molecule has 2 rings (SSSR count). The summed E-state index contributed by atoms with van der Waals surface area (Å²) in [6.45, 7) is 0. The Hall–Kier alpha value is -1.97. The van der Waals surface area contributed by atoms with Gasteiger partial charge in [-0.15, -0.1) is 0 Å². The Morgan fingerprint density at radius 2 is 2.26 bits per heavy atom. The summed E-state index contributed by atoms with van der Waals surface area (Å²) >= 11 is 7.08. The van der Waals surface area contributed by atoms with E-state index in [-0.39, 0.29) is 11.6 Å². The first-order chi connectivity index (χ1) is 9.11. The molecule has 1 aromatic heterocycles. The molecule has 0 spiro atoms. The molecule has 1 heterocycles. The molecule has 7 heteroatoms. The van der Waals surface area contributed by atoms with Crippen LogP contribution in [0.25, 0.3) is 5.69 Å². The molecule has 0 saturated carbocycles. The highest BCUT2D eigenvalue weighted by molar-refractivity contribution is 7.99. The van der Waals surface area contributed by atoms with Crippen LogP contribution in [0.4, 0.5) is 5.82 Å².